The molecule has 7 nitrogen and oxygen atoms in total. The van der Waals surface area contributed by atoms with Crippen LogP contribution in [0.2, 0.25) is 0 Å². The molecule has 4 heterocycles. The van der Waals surface area contributed by atoms with Crippen molar-refractivity contribution in [1.29, 1.82) is 0 Å². The van der Waals surface area contributed by atoms with Crippen molar-refractivity contribution >= 4 is 29.5 Å². The number of likely N-dealkylation sites (tertiary alicyclic amines) is 1. The summed E-state index contributed by atoms with van der Waals surface area (Å²) in [7, 11) is 0. The summed E-state index contributed by atoms with van der Waals surface area (Å²) in [4.78, 5) is 47.1. The van der Waals surface area contributed by atoms with E-state index in [9.17, 15) is 19.5 Å². The zero-order valence-corrected chi connectivity index (χ0v) is 21.0. The van der Waals surface area contributed by atoms with Crippen LogP contribution in [0.25, 0.3) is 0 Å². The van der Waals surface area contributed by atoms with Crippen LogP contribution < -0.4 is 0 Å². The SMILES string of the molecule is CCCCN1CC=C[C@]23S[C@]4(C)C=CCN(CCC)C(=O)[C@@H]4[C@H]2C(=O)N([C@H](C)CO)C3C1=O. The molecule has 0 saturated carbocycles. The van der Waals surface area contributed by atoms with Crippen molar-refractivity contribution in [1.82, 2.24) is 14.7 Å². The van der Waals surface area contributed by atoms with Crippen molar-refractivity contribution < 1.29 is 19.5 Å². The van der Waals surface area contributed by atoms with Gasteiger partial charge < -0.3 is 19.8 Å². The Kier molecular flexibility index (Phi) is 6.71. The van der Waals surface area contributed by atoms with Crippen LogP contribution in [0.3, 0.4) is 0 Å². The molecule has 0 radical (unpaired) electrons. The lowest BCUT2D eigenvalue weighted by atomic mass is 9.74. The number of hydrogen-bond acceptors (Lipinski definition) is 5. The van der Waals surface area contributed by atoms with Crippen LogP contribution in [0.15, 0.2) is 24.3 Å². The van der Waals surface area contributed by atoms with E-state index in [1.807, 2.05) is 41.9 Å². The molecular weight excluding hydrogens is 438 g/mol. The van der Waals surface area contributed by atoms with Crippen LogP contribution in [0.4, 0.5) is 0 Å². The third-order valence-electron chi connectivity index (χ3n) is 7.68. The summed E-state index contributed by atoms with van der Waals surface area (Å²) in [6.45, 7) is 10.1. The Morgan fingerprint density at radius 3 is 2.30 bits per heavy atom. The van der Waals surface area contributed by atoms with Gasteiger partial charge in [0.25, 0.3) is 0 Å². The lowest BCUT2D eigenvalue weighted by Crippen LogP contribution is -2.56. The number of aliphatic hydroxyl groups excluding tert-OH is 1. The number of hydrogen-bond donors (Lipinski definition) is 1. The van der Waals surface area contributed by atoms with Gasteiger partial charge in [-0.05, 0) is 26.7 Å². The van der Waals surface area contributed by atoms with Gasteiger partial charge in [0.1, 0.15) is 6.04 Å². The first kappa shape index (κ1) is 24.3. The lowest BCUT2D eigenvalue weighted by molar-refractivity contribution is -0.147. The highest BCUT2D eigenvalue weighted by Crippen LogP contribution is 2.65. The van der Waals surface area contributed by atoms with E-state index in [2.05, 4.69) is 13.0 Å². The second-order valence-corrected chi connectivity index (χ2v) is 11.8. The van der Waals surface area contributed by atoms with Gasteiger partial charge in [0, 0.05) is 30.9 Å². The smallest absolute Gasteiger partial charge is 0.247 e. The maximum absolute atomic E-state index is 14.0. The predicted molar refractivity (Wildman–Crippen MR) is 130 cm³/mol. The van der Waals surface area contributed by atoms with Gasteiger partial charge in [-0.1, -0.05) is 44.6 Å². The second kappa shape index (κ2) is 9.10. The second-order valence-electron chi connectivity index (χ2n) is 10.0. The summed E-state index contributed by atoms with van der Waals surface area (Å²) in [6.07, 6.45) is 10.9. The van der Waals surface area contributed by atoms with Gasteiger partial charge in [-0.2, -0.15) is 0 Å². The van der Waals surface area contributed by atoms with E-state index >= 15 is 0 Å². The first-order valence-electron chi connectivity index (χ1n) is 12.3. The standard InChI is InChI=1S/C25H37N3O4S/c1-5-7-13-27-15-9-11-25-19(22(31)28(17(3)16-29)20(25)23(27)32)18-21(30)26(12-6-2)14-8-10-24(18,4)33-25/h8-11,17-20,29H,5-7,12-16H2,1-4H3/t17-,18+,19+,20?,24-,25+/m1/s1. The van der Waals surface area contributed by atoms with Gasteiger partial charge in [-0.3, -0.25) is 14.4 Å². The number of fused-ring (bicyclic) bond motifs is 2. The molecule has 182 valence electrons. The molecule has 4 aliphatic rings. The molecule has 1 unspecified atom stereocenters. The molecule has 33 heavy (non-hydrogen) atoms. The first-order valence-corrected chi connectivity index (χ1v) is 13.1. The molecule has 2 saturated heterocycles. The molecule has 0 aromatic heterocycles. The normalized spacial score (nSPS) is 36.6. The van der Waals surface area contributed by atoms with Crippen molar-refractivity contribution in [2.45, 2.75) is 68.5 Å². The third kappa shape index (κ3) is 3.64. The summed E-state index contributed by atoms with van der Waals surface area (Å²) < 4.78 is -1.40. The van der Waals surface area contributed by atoms with E-state index < -0.39 is 33.4 Å². The third-order valence-corrected chi connectivity index (χ3v) is 9.47. The molecule has 4 aliphatic heterocycles. The van der Waals surface area contributed by atoms with Crippen LogP contribution in [-0.4, -0.2) is 91.9 Å². The fourth-order valence-corrected chi connectivity index (χ4v) is 8.29. The number of nitrogens with zero attached hydrogens (tertiary/aromatic N) is 3. The van der Waals surface area contributed by atoms with Gasteiger partial charge >= 0.3 is 0 Å². The molecular formula is C25H37N3O4S. The Morgan fingerprint density at radius 2 is 1.67 bits per heavy atom. The highest BCUT2D eigenvalue weighted by Gasteiger charge is 2.74. The van der Waals surface area contributed by atoms with Gasteiger partial charge in [-0.15, -0.1) is 11.8 Å². The Bertz CT molecular complexity index is 876. The van der Waals surface area contributed by atoms with E-state index in [1.54, 1.807) is 23.6 Å². The van der Waals surface area contributed by atoms with Crippen LogP contribution in [0.5, 0.6) is 0 Å². The number of carbonyl (C=O) groups is 3. The minimum atomic E-state index is -0.826. The van der Waals surface area contributed by atoms with Gasteiger partial charge in [0.05, 0.1) is 29.2 Å². The Morgan fingerprint density at radius 1 is 1.00 bits per heavy atom. The molecule has 3 amide bonds. The van der Waals surface area contributed by atoms with Crippen molar-refractivity contribution in [3.63, 3.8) is 0 Å². The average molecular weight is 476 g/mol. The predicted octanol–water partition coefficient (Wildman–Crippen LogP) is 2.06. The number of thioether (sulfide) groups is 1. The van der Waals surface area contributed by atoms with E-state index in [0.717, 1.165) is 19.3 Å². The molecule has 6 atom stereocenters. The largest absolute Gasteiger partial charge is 0.394 e. The van der Waals surface area contributed by atoms with Crippen LogP contribution >= 0.6 is 11.8 Å². The number of unbranched alkanes of at least 4 members (excludes halogenated alkanes) is 1. The van der Waals surface area contributed by atoms with Crippen LogP contribution in [0, 0.1) is 11.8 Å². The van der Waals surface area contributed by atoms with E-state index in [4.69, 9.17) is 0 Å². The number of aliphatic hydroxyl groups is 1. The fraction of sp³-hybridized carbons (Fsp3) is 0.720. The van der Waals surface area contributed by atoms with Gasteiger partial charge in [0.15, 0.2) is 0 Å². The summed E-state index contributed by atoms with van der Waals surface area (Å²) in [6, 6.07) is -1.22. The molecule has 0 aromatic carbocycles. The summed E-state index contributed by atoms with van der Waals surface area (Å²) in [5.41, 5.74) is 0. The molecule has 0 bridgehead atoms. The monoisotopic (exact) mass is 475 g/mol. The zero-order valence-electron chi connectivity index (χ0n) is 20.2. The molecule has 4 rings (SSSR count). The molecule has 1 spiro atoms. The minimum absolute atomic E-state index is 0.00254. The molecule has 0 aromatic rings. The van der Waals surface area contributed by atoms with Crippen LogP contribution in [-0.2, 0) is 14.4 Å². The van der Waals surface area contributed by atoms with E-state index in [1.165, 1.54) is 0 Å². The van der Waals surface area contributed by atoms with Crippen molar-refractivity contribution in [3.8, 4) is 0 Å². The molecule has 8 heteroatoms. The average Bonchev–Trinajstić information content (AvgIpc) is 3.07. The van der Waals surface area contributed by atoms with E-state index in [0.29, 0.717) is 26.2 Å². The van der Waals surface area contributed by atoms with Crippen molar-refractivity contribution in [2.24, 2.45) is 11.8 Å². The number of carbonyl (C=O) groups excluding carboxylic acids is 3. The number of amides is 3. The first-order chi connectivity index (χ1) is 15.8. The van der Waals surface area contributed by atoms with Crippen molar-refractivity contribution in [2.75, 3.05) is 32.8 Å². The highest BCUT2D eigenvalue weighted by atomic mass is 32.2. The zero-order chi connectivity index (χ0) is 24.0. The molecule has 2 fully saturated rings. The Labute approximate surface area is 201 Å². The summed E-state index contributed by atoms with van der Waals surface area (Å²) in [5.74, 6) is -1.43. The quantitative estimate of drug-likeness (QED) is 0.570. The minimum Gasteiger partial charge on any atom is -0.394 e. The topological polar surface area (TPSA) is 81.2 Å². The fourth-order valence-electron chi connectivity index (χ4n) is 6.14. The Balaban J connectivity index is 1.84. The number of rotatable bonds is 7. The maximum atomic E-state index is 14.0. The van der Waals surface area contributed by atoms with Crippen molar-refractivity contribution in [3.05, 3.63) is 24.3 Å². The summed E-state index contributed by atoms with van der Waals surface area (Å²) in [5, 5.41) is 9.99. The molecule has 1 N–H and O–H groups in total. The Hall–Kier alpha value is -1.80. The highest BCUT2D eigenvalue weighted by molar-refractivity contribution is 8.02. The lowest BCUT2D eigenvalue weighted by Gasteiger charge is -2.38. The van der Waals surface area contributed by atoms with Crippen LogP contribution in [0.1, 0.15) is 47.0 Å². The summed E-state index contributed by atoms with van der Waals surface area (Å²) >= 11 is 1.60. The van der Waals surface area contributed by atoms with Gasteiger partial charge in [0.2, 0.25) is 17.7 Å². The molecule has 0 aliphatic carbocycles. The maximum Gasteiger partial charge on any atom is 0.247 e. The van der Waals surface area contributed by atoms with E-state index in [-0.39, 0.29) is 24.3 Å². The van der Waals surface area contributed by atoms with Gasteiger partial charge in [-0.25, -0.2) is 0 Å².